The molecule has 6 nitrogen and oxygen atoms in total. The molecular weight excluding hydrogens is 340 g/mol. The minimum absolute atomic E-state index is 0.0721. The Morgan fingerprint density at radius 2 is 1.63 bits per heavy atom. The standard InChI is InChI=1S/C21H24N4O2/c1-16-24-18-9-5-6-10-19(18)25(16)14-13-23-20(26)11-12-22-21(27)15-17-7-3-2-4-8-17/h2-10H,11-15H2,1H3,(H,22,27)(H,23,26). The quantitative estimate of drug-likeness (QED) is 0.643. The van der Waals surface area contributed by atoms with Crippen molar-refractivity contribution in [1.29, 1.82) is 0 Å². The fourth-order valence-corrected chi connectivity index (χ4v) is 3.03. The van der Waals surface area contributed by atoms with Crippen molar-refractivity contribution in [3.8, 4) is 0 Å². The van der Waals surface area contributed by atoms with Crippen LogP contribution in [0.3, 0.4) is 0 Å². The maximum atomic E-state index is 12.0. The van der Waals surface area contributed by atoms with Crippen LogP contribution in [0, 0.1) is 6.92 Å². The van der Waals surface area contributed by atoms with Crippen molar-refractivity contribution in [2.75, 3.05) is 13.1 Å². The number of nitrogens with zero attached hydrogens (tertiary/aromatic N) is 2. The first kappa shape index (κ1) is 18.6. The number of nitrogens with one attached hydrogen (secondary N) is 2. The molecule has 0 radical (unpaired) electrons. The van der Waals surface area contributed by atoms with Crippen molar-refractivity contribution in [3.63, 3.8) is 0 Å². The summed E-state index contributed by atoms with van der Waals surface area (Å²) >= 11 is 0. The number of fused-ring (bicyclic) bond motifs is 1. The van der Waals surface area contributed by atoms with E-state index in [-0.39, 0.29) is 18.2 Å². The number of aryl methyl sites for hydroxylation is 1. The summed E-state index contributed by atoms with van der Waals surface area (Å²) in [6.07, 6.45) is 0.597. The van der Waals surface area contributed by atoms with Crippen LogP contribution in [0.25, 0.3) is 11.0 Å². The van der Waals surface area contributed by atoms with Crippen molar-refractivity contribution in [2.45, 2.75) is 26.3 Å². The highest BCUT2D eigenvalue weighted by Crippen LogP contribution is 2.14. The molecule has 1 heterocycles. The number of carbonyl (C=O) groups is 2. The molecule has 0 saturated heterocycles. The first-order valence-corrected chi connectivity index (χ1v) is 9.12. The Kier molecular flexibility index (Phi) is 6.20. The number of amides is 2. The van der Waals surface area contributed by atoms with Crippen LogP contribution in [0.4, 0.5) is 0 Å². The van der Waals surface area contributed by atoms with Gasteiger partial charge in [-0.1, -0.05) is 42.5 Å². The zero-order valence-corrected chi connectivity index (χ0v) is 15.4. The summed E-state index contributed by atoms with van der Waals surface area (Å²) in [5.74, 6) is 0.783. The molecule has 2 N–H and O–H groups in total. The van der Waals surface area contributed by atoms with Gasteiger partial charge >= 0.3 is 0 Å². The summed E-state index contributed by atoms with van der Waals surface area (Å²) in [6, 6.07) is 17.5. The van der Waals surface area contributed by atoms with Crippen LogP contribution in [-0.4, -0.2) is 34.5 Å². The van der Waals surface area contributed by atoms with Gasteiger partial charge in [-0.25, -0.2) is 4.98 Å². The van der Waals surface area contributed by atoms with E-state index in [1.807, 2.05) is 61.5 Å². The highest BCUT2D eigenvalue weighted by molar-refractivity contribution is 5.80. The SMILES string of the molecule is Cc1nc2ccccc2n1CCNC(=O)CCNC(=O)Cc1ccccc1. The van der Waals surface area contributed by atoms with Gasteiger partial charge in [0.25, 0.3) is 0 Å². The molecular formula is C21H24N4O2. The third-order valence-corrected chi connectivity index (χ3v) is 4.38. The number of imidazole rings is 1. The molecule has 0 aliphatic heterocycles. The Balaban J connectivity index is 1.37. The average Bonchev–Trinajstić information content (AvgIpc) is 2.98. The molecule has 3 rings (SSSR count). The Morgan fingerprint density at radius 1 is 0.926 bits per heavy atom. The smallest absolute Gasteiger partial charge is 0.224 e. The lowest BCUT2D eigenvalue weighted by molar-refractivity contribution is -0.122. The Hall–Kier alpha value is -3.15. The molecule has 0 spiro atoms. The first-order chi connectivity index (χ1) is 13.1. The average molecular weight is 364 g/mol. The monoisotopic (exact) mass is 364 g/mol. The number of hydrogen-bond acceptors (Lipinski definition) is 3. The van der Waals surface area contributed by atoms with Crippen molar-refractivity contribution in [3.05, 3.63) is 66.0 Å². The van der Waals surface area contributed by atoms with Crippen molar-refractivity contribution < 1.29 is 9.59 Å². The molecule has 0 atom stereocenters. The third kappa shape index (κ3) is 5.17. The van der Waals surface area contributed by atoms with Crippen LogP contribution in [0.2, 0.25) is 0 Å². The molecule has 2 amide bonds. The molecule has 0 aliphatic rings. The lowest BCUT2D eigenvalue weighted by atomic mass is 10.1. The van der Waals surface area contributed by atoms with Crippen LogP contribution < -0.4 is 10.6 Å². The van der Waals surface area contributed by atoms with Gasteiger partial charge in [-0.3, -0.25) is 9.59 Å². The fourth-order valence-electron chi connectivity index (χ4n) is 3.03. The summed E-state index contributed by atoms with van der Waals surface area (Å²) in [7, 11) is 0. The van der Waals surface area contributed by atoms with Gasteiger partial charge in [0.1, 0.15) is 5.82 Å². The molecule has 0 saturated carbocycles. The molecule has 0 fully saturated rings. The minimum Gasteiger partial charge on any atom is -0.355 e. The van der Waals surface area contributed by atoms with E-state index in [2.05, 4.69) is 20.2 Å². The predicted octanol–water partition coefficient (Wildman–Crippen LogP) is 2.21. The van der Waals surface area contributed by atoms with E-state index in [0.29, 0.717) is 26.1 Å². The second kappa shape index (κ2) is 8.98. The second-order valence-electron chi connectivity index (χ2n) is 6.41. The van der Waals surface area contributed by atoms with Crippen LogP contribution in [0.5, 0.6) is 0 Å². The molecule has 0 unspecified atom stereocenters. The maximum absolute atomic E-state index is 12.0. The largest absolute Gasteiger partial charge is 0.355 e. The second-order valence-corrected chi connectivity index (χ2v) is 6.41. The van der Waals surface area contributed by atoms with Crippen LogP contribution >= 0.6 is 0 Å². The lowest BCUT2D eigenvalue weighted by Crippen LogP contribution is -2.32. The molecule has 0 aliphatic carbocycles. The van der Waals surface area contributed by atoms with Gasteiger partial charge < -0.3 is 15.2 Å². The summed E-state index contributed by atoms with van der Waals surface area (Å²) in [5.41, 5.74) is 2.99. The minimum atomic E-state index is -0.0745. The summed E-state index contributed by atoms with van der Waals surface area (Å²) in [6.45, 7) is 3.49. The molecule has 2 aromatic carbocycles. The zero-order valence-electron chi connectivity index (χ0n) is 15.4. The zero-order chi connectivity index (χ0) is 19.1. The molecule has 140 valence electrons. The number of para-hydroxylation sites is 2. The van der Waals surface area contributed by atoms with Gasteiger partial charge in [-0.15, -0.1) is 0 Å². The normalized spacial score (nSPS) is 10.7. The van der Waals surface area contributed by atoms with E-state index in [1.54, 1.807) is 0 Å². The van der Waals surface area contributed by atoms with Gasteiger partial charge in [-0.2, -0.15) is 0 Å². The summed E-state index contributed by atoms with van der Waals surface area (Å²) in [5, 5.41) is 5.68. The first-order valence-electron chi connectivity index (χ1n) is 9.12. The van der Waals surface area contributed by atoms with Gasteiger partial charge in [0.15, 0.2) is 0 Å². The number of carbonyl (C=O) groups excluding carboxylic acids is 2. The number of benzene rings is 2. The van der Waals surface area contributed by atoms with E-state index in [0.717, 1.165) is 22.4 Å². The van der Waals surface area contributed by atoms with Gasteiger partial charge in [0, 0.05) is 26.1 Å². The van der Waals surface area contributed by atoms with Gasteiger partial charge in [0.2, 0.25) is 11.8 Å². The number of rotatable bonds is 8. The third-order valence-electron chi connectivity index (χ3n) is 4.38. The topological polar surface area (TPSA) is 76.0 Å². The van der Waals surface area contributed by atoms with E-state index in [1.165, 1.54) is 0 Å². The van der Waals surface area contributed by atoms with E-state index in [4.69, 9.17) is 0 Å². The lowest BCUT2D eigenvalue weighted by Gasteiger charge is -2.09. The Labute approximate surface area is 158 Å². The van der Waals surface area contributed by atoms with E-state index >= 15 is 0 Å². The van der Waals surface area contributed by atoms with E-state index < -0.39 is 0 Å². The molecule has 3 aromatic rings. The van der Waals surface area contributed by atoms with Gasteiger partial charge in [0.05, 0.1) is 17.5 Å². The highest BCUT2D eigenvalue weighted by Gasteiger charge is 2.08. The Bertz CT molecular complexity index is 918. The van der Waals surface area contributed by atoms with Crippen LogP contribution in [-0.2, 0) is 22.6 Å². The van der Waals surface area contributed by atoms with Gasteiger partial charge in [-0.05, 0) is 24.6 Å². The molecule has 6 heteroatoms. The van der Waals surface area contributed by atoms with Crippen molar-refractivity contribution >= 4 is 22.8 Å². The van der Waals surface area contributed by atoms with Crippen LogP contribution in [0.15, 0.2) is 54.6 Å². The molecule has 1 aromatic heterocycles. The van der Waals surface area contributed by atoms with E-state index in [9.17, 15) is 9.59 Å². The predicted molar refractivity (Wildman–Crippen MR) is 105 cm³/mol. The maximum Gasteiger partial charge on any atom is 0.224 e. The van der Waals surface area contributed by atoms with Crippen molar-refractivity contribution in [1.82, 2.24) is 20.2 Å². The van der Waals surface area contributed by atoms with Crippen molar-refractivity contribution in [2.24, 2.45) is 0 Å². The fraction of sp³-hybridized carbons (Fsp3) is 0.286. The van der Waals surface area contributed by atoms with Crippen LogP contribution in [0.1, 0.15) is 17.8 Å². The summed E-state index contributed by atoms with van der Waals surface area (Å²) < 4.78 is 2.09. The Morgan fingerprint density at radius 3 is 2.44 bits per heavy atom. The molecule has 27 heavy (non-hydrogen) atoms. The number of aromatic nitrogens is 2. The number of hydrogen-bond donors (Lipinski definition) is 2. The highest BCUT2D eigenvalue weighted by atomic mass is 16.2. The molecule has 0 bridgehead atoms. The summed E-state index contributed by atoms with van der Waals surface area (Å²) in [4.78, 5) is 28.4.